The summed E-state index contributed by atoms with van der Waals surface area (Å²) in [5.41, 5.74) is 4.88. The standard InChI is InChI=1S/C8H13N3O5/c1-16-7(14)3-10-8(15)5(11-4-12)2-6(9)13/h4-5H,2-3H2,1H3,(H2,9,13)(H,10,15)(H,11,12). The molecule has 0 aromatic carbocycles. The summed E-state index contributed by atoms with van der Waals surface area (Å²) >= 11 is 0. The van der Waals surface area contributed by atoms with E-state index in [2.05, 4.69) is 15.4 Å². The molecule has 0 fully saturated rings. The Kier molecular flexibility index (Phi) is 6.25. The number of hydrogen-bond acceptors (Lipinski definition) is 5. The summed E-state index contributed by atoms with van der Waals surface area (Å²) < 4.78 is 4.29. The number of nitrogens with two attached hydrogens (primary N) is 1. The highest BCUT2D eigenvalue weighted by Gasteiger charge is 2.20. The van der Waals surface area contributed by atoms with Crippen LogP contribution in [0, 0.1) is 0 Å². The average molecular weight is 231 g/mol. The fourth-order valence-electron chi connectivity index (χ4n) is 0.865. The maximum absolute atomic E-state index is 11.3. The van der Waals surface area contributed by atoms with Crippen LogP contribution in [0.1, 0.15) is 6.42 Å². The molecule has 0 aromatic heterocycles. The maximum atomic E-state index is 11.3. The van der Waals surface area contributed by atoms with E-state index in [1.807, 2.05) is 0 Å². The molecule has 8 nitrogen and oxygen atoms in total. The molecule has 0 aliphatic carbocycles. The van der Waals surface area contributed by atoms with Gasteiger partial charge in [0.1, 0.15) is 12.6 Å². The second-order valence-corrected chi connectivity index (χ2v) is 2.80. The Morgan fingerprint density at radius 1 is 1.44 bits per heavy atom. The second kappa shape index (κ2) is 7.21. The minimum atomic E-state index is -1.08. The van der Waals surface area contributed by atoms with Crippen LogP contribution >= 0.6 is 0 Å². The van der Waals surface area contributed by atoms with Crippen LogP contribution in [0.3, 0.4) is 0 Å². The first-order chi connectivity index (χ1) is 7.51. The number of nitrogens with one attached hydrogen (secondary N) is 2. The lowest BCUT2D eigenvalue weighted by Gasteiger charge is -2.13. The predicted octanol–water partition coefficient (Wildman–Crippen LogP) is -2.73. The van der Waals surface area contributed by atoms with Gasteiger partial charge in [0, 0.05) is 0 Å². The van der Waals surface area contributed by atoms with Gasteiger partial charge in [-0.15, -0.1) is 0 Å². The normalized spacial score (nSPS) is 11.1. The average Bonchev–Trinajstić information content (AvgIpc) is 2.24. The molecule has 1 atom stereocenters. The SMILES string of the molecule is COC(=O)CNC(=O)C(CC(N)=O)NC=O. The minimum absolute atomic E-state index is 0.269. The molecule has 0 saturated heterocycles. The van der Waals surface area contributed by atoms with Crippen molar-refractivity contribution in [1.29, 1.82) is 0 Å². The number of esters is 1. The van der Waals surface area contributed by atoms with Gasteiger partial charge in [-0.3, -0.25) is 19.2 Å². The Morgan fingerprint density at radius 2 is 2.06 bits per heavy atom. The van der Waals surface area contributed by atoms with Crippen LogP contribution in [0.15, 0.2) is 0 Å². The monoisotopic (exact) mass is 231 g/mol. The van der Waals surface area contributed by atoms with E-state index in [1.165, 1.54) is 7.11 Å². The molecule has 0 bridgehead atoms. The molecule has 8 heteroatoms. The van der Waals surface area contributed by atoms with Crippen LogP contribution in [-0.4, -0.2) is 43.9 Å². The number of methoxy groups -OCH3 is 1. The third-order valence-corrected chi connectivity index (χ3v) is 1.63. The molecule has 90 valence electrons. The van der Waals surface area contributed by atoms with Gasteiger partial charge >= 0.3 is 5.97 Å². The van der Waals surface area contributed by atoms with E-state index in [1.54, 1.807) is 0 Å². The molecular weight excluding hydrogens is 218 g/mol. The van der Waals surface area contributed by atoms with E-state index in [0.717, 1.165) is 0 Å². The van der Waals surface area contributed by atoms with Gasteiger partial charge in [0.25, 0.3) is 0 Å². The largest absolute Gasteiger partial charge is 0.468 e. The number of amides is 3. The number of carbonyl (C=O) groups is 4. The van der Waals surface area contributed by atoms with Crippen LogP contribution in [0.25, 0.3) is 0 Å². The smallest absolute Gasteiger partial charge is 0.325 e. The van der Waals surface area contributed by atoms with Crippen molar-refractivity contribution in [1.82, 2.24) is 10.6 Å². The molecule has 0 saturated carbocycles. The Bertz CT molecular complexity index is 291. The van der Waals surface area contributed by atoms with Crippen LogP contribution in [0.5, 0.6) is 0 Å². The van der Waals surface area contributed by atoms with E-state index < -0.39 is 23.8 Å². The number of rotatable bonds is 7. The molecule has 1 unspecified atom stereocenters. The highest BCUT2D eigenvalue weighted by atomic mass is 16.5. The maximum Gasteiger partial charge on any atom is 0.325 e. The van der Waals surface area contributed by atoms with Gasteiger partial charge in [-0.1, -0.05) is 0 Å². The lowest BCUT2D eigenvalue weighted by atomic mass is 10.2. The topological polar surface area (TPSA) is 128 Å². The summed E-state index contributed by atoms with van der Waals surface area (Å²) in [6.07, 6.45) is -0.0723. The highest BCUT2D eigenvalue weighted by Crippen LogP contribution is 1.90. The third-order valence-electron chi connectivity index (χ3n) is 1.63. The first kappa shape index (κ1) is 13.9. The van der Waals surface area contributed by atoms with Gasteiger partial charge in [-0.05, 0) is 0 Å². The Balaban J connectivity index is 4.21. The summed E-state index contributed by atoms with van der Waals surface area (Å²) in [7, 11) is 1.17. The highest BCUT2D eigenvalue weighted by molar-refractivity contribution is 5.90. The van der Waals surface area contributed by atoms with Gasteiger partial charge in [0.2, 0.25) is 18.2 Å². The van der Waals surface area contributed by atoms with Crippen molar-refractivity contribution in [3.05, 3.63) is 0 Å². The van der Waals surface area contributed by atoms with Crippen LogP contribution in [0.4, 0.5) is 0 Å². The zero-order valence-corrected chi connectivity index (χ0v) is 8.69. The first-order valence-electron chi connectivity index (χ1n) is 4.33. The van der Waals surface area contributed by atoms with Gasteiger partial charge in [-0.25, -0.2) is 0 Å². The van der Waals surface area contributed by atoms with E-state index >= 15 is 0 Å². The van der Waals surface area contributed by atoms with Crippen molar-refractivity contribution >= 4 is 24.2 Å². The molecule has 0 spiro atoms. The van der Waals surface area contributed by atoms with Crippen molar-refractivity contribution in [3.63, 3.8) is 0 Å². The zero-order chi connectivity index (χ0) is 12.6. The molecule has 0 heterocycles. The van der Waals surface area contributed by atoms with Gasteiger partial charge < -0.3 is 21.1 Å². The van der Waals surface area contributed by atoms with Crippen LogP contribution in [0.2, 0.25) is 0 Å². The second-order valence-electron chi connectivity index (χ2n) is 2.80. The van der Waals surface area contributed by atoms with Crippen LogP contribution < -0.4 is 16.4 Å². The predicted molar refractivity (Wildman–Crippen MR) is 51.8 cm³/mol. The molecule has 3 amide bonds. The fourth-order valence-corrected chi connectivity index (χ4v) is 0.865. The van der Waals surface area contributed by atoms with E-state index in [4.69, 9.17) is 5.73 Å². The van der Waals surface area contributed by atoms with Crippen molar-refractivity contribution in [2.24, 2.45) is 5.73 Å². The van der Waals surface area contributed by atoms with Crippen molar-refractivity contribution in [3.8, 4) is 0 Å². The summed E-state index contributed by atoms with van der Waals surface area (Å²) in [5, 5.41) is 4.29. The molecule has 0 aliphatic rings. The minimum Gasteiger partial charge on any atom is -0.468 e. The Labute approximate surface area is 91.5 Å². The van der Waals surface area contributed by atoms with E-state index in [9.17, 15) is 19.2 Å². The summed E-state index contributed by atoms with van der Waals surface area (Å²) in [6, 6.07) is -1.08. The van der Waals surface area contributed by atoms with Gasteiger partial charge in [-0.2, -0.15) is 0 Å². The Hall–Kier alpha value is -2.12. The quantitative estimate of drug-likeness (QED) is 0.323. The lowest BCUT2D eigenvalue weighted by Crippen LogP contribution is -2.47. The number of hydrogen-bond donors (Lipinski definition) is 3. The van der Waals surface area contributed by atoms with E-state index in [-0.39, 0.29) is 19.4 Å². The molecule has 4 N–H and O–H groups in total. The third kappa shape index (κ3) is 5.58. The van der Waals surface area contributed by atoms with Gasteiger partial charge in [0.15, 0.2) is 0 Å². The molecule has 0 rings (SSSR count). The summed E-state index contributed by atoms with van der Waals surface area (Å²) in [5.74, 6) is -2.07. The summed E-state index contributed by atoms with van der Waals surface area (Å²) in [4.78, 5) is 42.8. The zero-order valence-electron chi connectivity index (χ0n) is 8.69. The molecule has 0 aliphatic heterocycles. The van der Waals surface area contributed by atoms with E-state index in [0.29, 0.717) is 0 Å². The molecule has 16 heavy (non-hydrogen) atoms. The fraction of sp³-hybridized carbons (Fsp3) is 0.500. The van der Waals surface area contributed by atoms with Crippen molar-refractivity contribution < 1.29 is 23.9 Å². The van der Waals surface area contributed by atoms with Gasteiger partial charge in [0.05, 0.1) is 13.5 Å². The molecular formula is C8H13N3O5. The number of carbonyl (C=O) groups excluding carboxylic acids is 4. The number of ether oxygens (including phenoxy) is 1. The Morgan fingerprint density at radius 3 is 2.50 bits per heavy atom. The number of primary amides is 1. The van der Waals surface area contributed by atoms with Crippen LogP contribution in [-0.2, 0) is 23.9 Å². The van der Waals surface area contributed by atoms with Crippen molar-refractivity contribution in [2.45, 2.75) is 12.5 Å². The van der Waals surface area contributed by atoms with Crippen molar-refractivity contribution in [2.75, 3.05) is 13.7 Å². The summed E-state index contributed by atoms with van der Waals surface area (Å²) in [6.45, 7) is -0.342. The first-order valence-corrected chi connectivity index (χ1v) is 4.33. The lowest BCUT2D eigenvalue weighted by molar-refractivity contribution is -0.141. The molecule has 0 radical (unpaired) electrons. The molecule has 0 aromatic rings.